The molecule has 0 unspecified atom stereocenters. The molecule has 1 amide bonds. The van der Waals surface area contributed by atoms with Gasteiger partial charge in [-0.15, -0.1) is 0 Å². The molecule has 4 rings (SSSR count). The quantitative estimate of drug-likeness (QED) is 0.367. The van der Waals surface area contributed by atoms with Crippen molar-refractivity contribution in [1.29, 1.82) is 5.26 Å². The average Bonchev–Trinajstić information content (AvgIpc) is 3.16. The van der Waals surface area contributed by atoms with E-state index >= 15 is 0 Å². The molecule has 3 heterocycles. The lowest BCUT2D eigenvalue weighted by atomic mass is 10.0. The van der Waals surface area contributed by atoms with Gasteiger partial charge in [0.25, 0.3) is 11.5 Å². The number of hydrogen-bond acceptors (Lipinski definition) is 7. The normalized spacial score (nSPS) is 17.6. The Bertz CT molecular complexity index is 1300. The molecule has 1 aromatic heterocycles. The van der Waals surface area contributed by atoms with E-state index in [4.69, 9.17) is 12.2 Å². The lowest BCUT2D eigenvalue weighted by Gasteiger charge is -2.38. The second-order valence-electron chi connectivity index (χ2n) is 9.39. The zero-order valence-electron chi connectivity index (χ0n) is 21.7. The molecule has 0 N–H and O–H groups in total. The van der Waals surface area contributed by atoms with Gasteiger partial charge in [-0.3, -0.25) is 24.0 Å². The molecule has 2 aliphatic heterocycles. The number of anilines is 1. The summed E-state index contributed by atoms with van der Waals surface area (Å²) >= 11 is 6.77. The molecule has 2 saturated heterocycles. The van der Waals surface area contributed by atoms with Crippen LogP contribution in [0.2, 0.25) is 0 Å². The minimum atomic E-state index is -0.265. The number of nitrogens with zero attached hydrogens (tertiary/aromatic N) is 5. The molecule has 2 aromatic rings. The number of rotatable bonds is 8. The second-order valence-corrected chi connectivity index (χ2v) is 11.1. The second kappa shape index (κ2) is 12.1. The van der Waals surface area contributed by atoms with Crippen LogP contribution in [0.3, 0.4) is 0 Å². The zero-order chi connectivity index (χ0) is 26.5. The summed E-state index contributed by atoms with van der Waals surface area (Å²) in [5, 5.41) is 9.85. The summed E-state index contributed by atoms with van der Waals surface area (Å²) in [6.07, 6.45) is 3.42. The van der Waals surface area contributed by atoms with Gasteiger partial charge in [-0.25, -0.2) is 0 Å². The number of aromatic nitrogens is 1. The van der Waals surface area contributed by atoms with Gasteiger partial charge in [0, 0.05) is 51.4 Å². The first-order valence-corrected chi connectivity index (χ1v) is 14.1. The van der Waals surface area contributed by atoms with E-state index in [1.54, 1.807) is 9.47 Å². The van der Waals surface area contributed by atoms with E-state index in [-0.39, 0.29) is 17.0 Å². The number of benzene rings is 1. The van der Waals surface area contributed by atoms with Gasteiger partial charge >= 0.3 is 0 Å². The highest BCUT2D eigenvalue weighted by molar-refractivity contribution is 8.26. The van der Waals surface area contributed by atoms with Crippen molar-refractivity contribution in [2.45, 2.75) is 46.7 Å². The summed E-state index contributed by atoms with van der Waals surface area (Å²) in [5.41, 5.74) is 2.53. The maximum absolute atomic E-state index is 13.4. The third kappa shape index (κ3) is 5.66. The summed E-state index contributed by atoms with van der Waals surface area (Å²) in [4.78, 5) is 33.4. The molecule has 0 atom stereocenters. The molecule has 1 aromatic carbocycles. The van der Waals surface area contributed by atoms with E-state index in [0.717, 1.165) is 56.9 Å². The van der Waals surface area contributed by atoms with Crippen LogP contribution in [-0.2, 0) is 17.9 Å². The smallest absolute Gasteiger partial charge is 0.270 e. The fraction of sp³-hybridized carbons (Fsp3) is 0.429. The van der Waals surface area contributed by atoms with Crippen LogP contribution in [0, 0.1) is 18.3 Å². The summed E-state index contributed by atoms with van der Waals surface area (Å²) in [6.45, 7) is 11.0. The molecule has 2 fully saturated rings. The number of amides is 1. The molecule has 0 radical (unpaired) electrons. The van der Waals surface area contributed by atoms with Crippen LogP contribution >= 0.6 is 24.0 Å². The molecular weight excluding hydrogens is 502 g/mol. The number of thiocarbonyl (C=S) groups is 1. The number of piperazine rings is 1. The highest BCUT2D eigenvalue weighted by Crippen LogP contribution is 2.36. The monoisotopic (exact) mass is 535 g/mol. The Hall–Kier alpha value is -2.93. The molecule has 0 bridgehead atoms. The third-order valence-electron chi connectivity index (χ3n) is 6.81. The van der Waals surface area contributed by atoms with Crippen molar-refractivity contribution in [3.8, 4) is 6.07 Å². The van der Waals surface area contributed by atoms with Crippen LogP contribution in [0.1, 0.15) is 48.9 Å². The van der Waals surface area contributed by atoms with Crippen LogP contribution in [0.5, 0.6) is 0 Å². The van der Waals surface area contributed by atoms with E-state index in [0.29, 0.717) is 27.9 Å². The summed E-state index contributed by atoms with van der Waals surface area (Å²) in [7, 11) is 0. The predicted molar refractivity (Wildman–Crippen MR) is 155 cm³/mol. The Kier molecular flexibility index (Phi) is 8.85. The molecule has 0 saturated carbocycles. The van der Waals surface area contributed by atoms with Crippen molar-refractivity contribution in [2.24, 2.45) is 0 Å². The van der Waals surface area contributed by atoms with Crippen LogP contribution in [-0.4, -0.2) is 57.3 Å². The first-order chi connectivity index (χ1) is 17.9. The molecule has 37 heavy (non-hydrogen) atoms. The molecule has 194 valence electrons. The Labute approximate surface area is 228 Å². The van der Waals surface area contributed by atoms with E-state index in [1.807, 2.05) is 32.9 Å². The lowest BCUT2D eigenvalue weighted by Crippen LogP contribution is -2.48. The molecule has 0 aliphatic carbocycles. The number of carbonyl (C=O) groups is 1. The number of nitriles is 1. The molecule has 9 heteroatoms. The minimum Gasteiger partial charge on any atom is -0.355 e. The van der Waals surface area contributed by atoms with Crippen LogP contribution in [0.15, 0.2) is 40.0 Å². The Morgan fingerprint density at radius 2 is 1.73 bits per heavy atom. The van der Waals surface area contributed by atoms with Crippen molar-refractivity contribution in [3.63, 3.8) is 0 Å². The van der Waals surface area contributed by atoms with Crippen LogP contribution in [0.4, 0.5) is 5.82 Å². The SMILES string of the molecule is CCCN1C(=O)/C(=C\c2c(C)c(C#N)c(=O)n(CCC)c2N2CCN(Cc3ccccc3)CC2)SC1=S. The topological polar surface area (TPSA) is 72.6 Å². The predicted octanol–water partition coefficient (Wildman–Crippen LogP) is 4.37. The number of pyridine rings is 1. The maximum Gasteiger partial charge on any atom is 0.270 e. The van der Waals surface area contributed by atoms with Crippen LogP contribution < -0.4 is 10.5 Å². The number of carbonyl (C=O) groups excluding carboxylic acids is 1. The molecule has 2 aliphatic rings. The Balaban J connectivity index is 1.73. The van der Waals surface area contributed by atoms with E-state index in [2.05, 4.69) is 40.1 Å². The Morgan fingerprint density at radius 3 is 2.35 bits per heavy atom. The van der Waals surface area contributed by atoms with Crippen LogP contribution in [0.25, 0.3) is 6.08 Å². The summed E-state index contributed by atoms with van der Waals surface area (Å²) in [5.74, 6) is 0.685. The molecular formula is C28H33N5O2S2. The van der Waals surface area contributed by atoms with Crippen molar-refractivity contribution < 1.29 is 4.79 Å². The average molecular weight is 536 g/mol. The van der Waals surface area contributed by atoms with Gasteiger partial charge in [0.2, 0.25) is 0 Å². The van der Waals surface area contributed by atoms with Crippen molar-refractivity contribution in [1.82, 2.24) is 14.4 Å². The third-order valence-corrected chi connectivity index (χ3v) is 8.19. The van der Waals surface area contributed by atoms with E-state index in [9.17, 15) is 14.9 Å². The van der Waals surface area contributed by atoms with E-state index < -0.39 is 0 Å². The highest BCUT2D eigenvalue weighted by atomic mass is 32.2. The Morgan fingerprint density at radius 1 is 1.05 bits per heavy atom. The van der Waals surface area contributed by atoms with Gasteiger partial charge in [0.05, 0.1) is 4.91 Å². The van der Waals surface area contributed by atoms with Crippen molar-refractivity contribution in [3.05, 3.63) is 67.8 Å². The standard InChI is InChI=1S/C28H33N5O2S2/c1-4-11-32-25(31-15-13-30(14-16-31)19-21-9-7-6-8-10-21)22(20(3)23(18-29)26(32)34)17-24-27(35)33(12-5-2)28(36)37-24/h6-10,17H,4-5,11-16,19H2,1-3H3/b24-17+. The fourth-order valence-corrected chi connectivity index (χ4v) is 6.21. The first kappa shape index (κ1) is 27.1. The summed E-state index contributed by atoms with van der Waals surface area (Å²) < 4.78 is 2.28. The highest BCUT2D eigenvalue weighted by Gasteiger charge is 2.33. The van der Waals surface area contributed by atoms with Gasteiger partial charge in [-0.05, 0) is 37.0 Å². The zero-order valence-corrected chi connectivity index (χ0v) is 23.3. The number of thioether (sulfide) groups is 1. The van der Waals surface area contributed by atoms with E-state index in [1.165, 1.54) is 17.3 Å². The molecule has 0 spiro atoms. The largest absolute Gasteiger partial charge is 0.355 e. The van der Waals surface area contributed by atoms with Gasteiger partial charge in [-0.2, -0.15) is 5.26 Å². The minimum absolute atomic E-state index is 0.110. The van der Waals surface area contributed by atoms with Gasteiger partial charge < -0.3 is 4.90 Å². The fourth-order valence-electron chi connectivity index (χ4n) is 4.92. The van der Waals surface area contributed by atoms with Gasteiger partial charge in [0.1, 0.15) is 21.8 Å². The molecule has 7 nitrogen and oxygen atoms in total. The lowest BCUT2D eigenvalue weighted by molar-refractivity contribution is -0.122. The summed E-state index contributed by atoms with van der Waals surface area (Å²) in [6, 6.07) is 12.6. The van der Waals surface area contributed by atoms with Gasteiger partial charge in [-0.1, -0.05) is 68.2 Å². The first-order valence-electron chi connectivity index (χ1n) is 12.8. The van der Waals surface area contributed by atoms with Gasteiger partial charge in [0.15, 0.2) is 0 Å². The van der Waals surface area contributed by atoms with Crippen molar-refractivity contribution >= 4 is 46.1 Å². The number of hydrogen-bond donors (Lipinski definition) is 0. The van der Waals surface area contributed by atoms with Crippen molar-refractivity contribution in [2.75, 3.05) is 37.6 Å². The maximum atomic E-state index is 13.4.